The fourth-order valence-corrected chi connectivity index (χ4v) is 4.62. The number of sulfonamides is 1. The molecule has 1 heterocycles. The molecule has 1 aliphatic heterocycles. The van der Waals surface area contributed by atoms with E-state index in [1.54, 1.807) is 14.2 Å². The lowest BCUT2D eigenvalue weighted by atomic mass is 9.86. The van der Waals surface area contributed by atoms with Crippen LogP contribution in [0.4, 0.5) is 5.69 Å². The predicted molar refractivity (Wildman–Crippen MR) is 133 cm³/mol. The number of halogens is 1. The number of hydrogen-bond donors (Lipinski definition) is 2. The molecular formula is C20H34IN5O3S. The number of methoxy groups -OCH3 is 1. The molecule has 0 atom stereocenters. The first-order chi connectivity index (χ1) is 14.0. The number of hydrogen-bond acceptors (Lipinski definition) is 5. The zero-order chi connectivity index (χ0) is 20.7. The third-order valence-electron chi connectivity index (χ3n) is 5.70. The molecule has 2 fully saturated rings. The molecule has 0 amide bonds. The van der Waals surface area contributed by atoms with Crippen molar-refractivity contribution in [2.45, 2.75) is 19.3 Å². The molecule has 0 radical (unpaired) electrons. The molecule has 0 unspecified atom stereocenters. The summed E-state index contributed by atoms with van der Waals surface area (Å²) in [4.78, 5) is 8.84. The van der Waals surface area contributed by atoms with Gasteiger partial charge in [0.2, 0.25) is 10.0 Å². The number of piperazine rings is 1. The van der Waals surface area contributed by atoms with Gasteiger partial charge in [-0.25, -0.2) is 13.1 Å². The molecule has 1 aliphatic carbocycles. The summed E-state index contributed by atoms with van der Waals surface area (Å²) in [6.07, 6.45) is 3.49. The maximum absolute atomic E-state index is 12.1. The molecule has 30 heavy (non-hydrogen) atoms. The lowest BCUT2D eigenvalue weighted by Crippen LogP contribution is -2.53. The molecule has 1 aromatic rings. The SMILES string of the molecule is CN=C(NCCS(=O)(=O)NCC1CCC1)N1CCN(c2ccc(OC)cc2)CC1.I. The standard InChI is InChI=1S/C20H33N5O3S.HI/c1-21-20(22-10-15-29(26,27)23-16-17-4-3-5-17)25-13-11-24(12-14-25)18-6-8-19(28-2)9-7-18;/h6-9,17,23H,3-5,10-16H2,1-2H3,(H,21,22);1H. The van der Waals surface area contributed by atoms with Crippen molar-refractivity contribution < 1.29 is 13.2 Å². The van der Waals surface area contributed by atoms with Crippen molar-refractivity contribution in [2.75, 3.05) is 64.1 Å². The Morgan fingerprint density at radius 2 is 1.83 bits per heavy atom. The van der Waals surface area contributed by atoms with E-state index in [1.807, 2.05) is 12.1 Å². The van der Waals surface area contributed by atoms with Crippen LogP contribution in [0.3, 0.4) is 0 Å². The summed E-state index contributed by atoms with van der Waals surface area (Å²) in [6, 6.07) is 8.09. The van der Waals surface area contributed by atoms with Crippen LogP contribution in [0.5, 0.6) is 5.75 Å². The Bertz CT molecular complexity index is 776. The van der Waals surface area contributed by atoms with Crippen molar-refractivity contribution >= 4 is 45.6 Å². The lowest BCUT2D eigenvalue weighted by molar-refractivity contribution is 0.316. The van der Waals surface area contributed by atoms with Crippen LogP contribution in [0.1, 0.15) is 19.3 Å². The highest BCUT2D eigenvalue weighted by Gasteiger charge is 2.22. The number of aliphatic imine (C=N–C) groups is 1. The first kappa shape index (κ1) is 25.0. The molecule has 10 heteroatoms. The van der Waals surface area contributed by atoms with Crippen LogP contribution in [0, 0.1) is 5.92 Å². The number of nitrogens with zero attached hydrogens (tertiary/aromatic N) is 3. The minimum Gasteiger partial charge on any atom is -0.497 e. The first-order valence-electron chi connectivity index (χ1n) is 10.3. The fourth-order valence-electron chi connectivity index (χ4n) is 3.61. The molecule has 0 spiro atoms. The van der Waals surface area contributed by atoms with Crippen molar-refractivity contribution in [3.8, 4) is 5.75 Å². The first-order valence-corrected chi connectivity index (χ1v) is 12.0. The minimum absolute atomic E-state index is 0. The summed E-state index contributed by atoms with van der Waals surface area (Å²) in [5.41, 5.74) is 1.18. The van der Waals surface area contributed by atoms with Crippen LogP contribution < -0.4 is 19.7 Å². The van der Waals surface area contributed by atoms with E-state index >= 15 is 0 Å². The molecular weight excluding hydrogens is 517 g/mol. The summed E-state index contributed by atoms with van der Waals surface area (Å²) in [7, 11) is 0.164. The van der Waals surface area contributed by atoms with Crippen molar-refractivity contribution in [3.63, 3.8) is 0 Å². The van der Waals surface area contributed by atoms with Crippen LogP contribution in [0.25, 0.3) is 0 Å². The highest BCUT2D eigenvalue weighted by Crippen LogP contribution is 2.25. The van der Waals surface area contributed by atoms with Crippen LogP contribution in [-0.4, -0.2) is 78.5 Å². The number of rotatable bonds is 8. The maximum Gasteiger partial charge on any atom is 0.213 e. The zero-order valence-corrected chi connectivity index (χ0v) is 21.0. The van der Waals surface area contributed by atoms with Crippen molar-refractivity contribution in [2.24, 2.45) is 10.9 Å². The number of nitrogens with one attached hydrogen (secondary N) is 2. The third kappa shape index (κ3) is 7.16. The predicted octanol–water partition coefficient (Wildman–Crippen LogP) is 1.73. The Kier molecular flexibility index (Phi) is 9.95. The average molecular weight is 551 g/mol. The van der Waals surface area contributed by atoms with Crippen molar-refractivity contribution in [3.05, 3.63) is 24.3 Å². The summed E-state index contributed by atoms with van der Waals surface area (Å²) in [5.74, 6) is 2.19. The molecule has 1 saturated carbocycles. The van der Waals surface area contributed by atoms with Gasteiger partial charge in [0.1, 0.15) is 5.75 Å². The summed E-state index contributed by atoms with van der Waals surface area (Å²) >= 11 is 0. The zero-order valence-electron chi connectivity index (χ0n) is 17.8. The highest BCUT2D eigenvalue weighted by molar-refractivity contribution is 14.0. The summed E-state index contributed by atoms with van der Waals surface area (Å²) in [5, 5.41) is 3.20. The van der Waals surface area contributed by atoms with E-state index in [1.165, 1.54) is 12.1 Å². The average Bonchev–Trinajstić information content (AvgIpc) is 2.70. The fraction of sp³-hybridized carbons (Fsp3) is 0.650. The number of ether oxygens (including phenoxy) is 1. The quantitative estimate of drug-likeness (QED) is 0.291. The van der Waals surface area contributed by atoms with Crippen molar-refractivity contribution in [1.29, 1.82) is 0 Å². The van der Waals surface area contributed by atoms with Gasteiger partial charge in [0, 0.05) is 52.0 Å². The Hall–Kier alpha value is -1.27. The Labute approximate surface area is 197 Å². The minimum atomic E-state index is -3.24. The van der Waals surface area contributed by atoms with E-state index in [0.717, 1.165) is 50.7 Å². The molecule has 3 rings (SSSR count). The van der Waals surface area contributed by atoms with Gasteiger partial charge in [-0.15, -0.1) is 24.0 Å². The molecule has 1 saturated heterocycles. The van der Waals surface area contributed by atoms with E-state index in [0.29, 0.717) is 19.0 Å². The molecule has 170 valence electrons. The summed E-state index contributed by atoms with van der Waals surface area (Å²) in [6.45, 7) is 4.36. The number of guanidine groups is 1. The van der Waals surface area contributed by atoms with Gasteiger partial charge in [-0.2, -0.15) is 0 Å². The maximum atomic E-state index is 12.1. The van der Waals surface area contributed by atoms with Crippen molar-refractivity contribution in [1.82, 2.24) is 14.9 Å². The highest BCUT2D eigenvalue weighted by atomic mass is 127. The monoisotopic (exact) mass is 551 g/mol. The van der Waals surface area contributed by atoms with Crippen LogP contribution >= 0.6 is 24.0 Å². The van der Waals surface area contributed by atoms with Crippen LogP contribution in [-0.2, 0) is 10.0 Å². The topological polar surface area (TPSA) is 86.3 Å². The molecule has 2 aliphatic rings. The number of benzene rings is 1. The van der Waals surface area contributed by atoms with Gasteiger partial charge in [-0.05, 0) is 43.0 Å². The second-order valence-electron chi connectivity index (χ2n) is 7.61. The van der Waals surface area contributed by atoms with E-state index in [4.69, 9.17) is 4.74 Å². The van der Waals surface area contributed by atoms with Gasteiger partial charge in [0.25, 0.3) is 0 Å². The third-order valence-corrected chi connectivity index (χ3v) is 7.05. The normalized spacial score (nSPS) is 17.9. The number of anilines is 1. The van der Waals surface area contributed by atoms with E-state index < -0.39 is 10.0 Å². The molecule has 8 nitrogen and oxygen atoms in total. The Morgan fingerprint density at radius 3 is 2.37 bits per heavy atom. The van der Waals surface area contributed by atoms with E-state index in [2.05, 4.69) is 37.0 Å². The van der Waals surface area contributed by atoms with Gasteiger partial charge in [-0.1, -0.05) is 6.42 Å². The van der Waals surface area contributed by atoms with Gasteiger partial charge >= 0.3 is 0 Å². The lowest BCUT2D eigenvalue weighted by Gasteiger charge is -2.37. The second kappa shape index (κ2) is 11.9. The van der Waals surface area contributed by atoms with E-state index in [9.17, 15) is 8.42 Å². The van der Waals surface area contributed by atoms with Gasteiger partial charge in [0.05, 0.1) is 12.9 Å². The molecule has 1 aromatic carbocycles. The Morgan fingerprint density at radius 1 is 1.17 bits per heavy atom. The largest absolute Gasteiger partial charge is 0.497 e. The smallest absolute Gasteiger partial charge is 0.213 e. The summed E-state index contributed by atoms with van der Waals surface area (Å²) < 4.78 is 32.2. The molecule has 0 aromatic heterocycles. The van der Waals surface area contributed by atoms with Crippen LogP contribution in [0.15, 0.2) is 29.3 Å². The second-order valence-corrected chi connectivity index (χ2v) is 9.54. The molecule has 0 bridgehead atoms. The van der Waals surface area contributed by atoms with Gasteiger partial charge in [-0.3, -0.25) is 4.99 Å². The Balaban J connectivity index is 0.00000320. The molecule has 2 N–H and O–H groups in total. The van der Waals surface area contributed by atoms with E-state index in [-0.39, 0.29) is 29.7 Å². The van der Waals surface area contributed by atoms with Crippen LogP contribution in [0.2, 0.25) is 0 Å². The van der Waals surface area contributed by atoms with Gasteiger partial charge in [0.15, 0.2) is 5.96 Å². The van der Waals surface area contributed by atoms with Gasteiger partial charge < -0.3 is 19.9 Å².